The molecule has 1 heterocycles. The molecule has 1 fully saturated rings. The Bertz CT molecular complexity index is 584. The maximum atomic E-state index is 11.4. The van der Waals surface area contributed by atoms with Gasteiger partial charge in [-0.05, 0) is 6.92 Å². The zero-order chi connectivity index (χ0) is 23.0. The molecule has 7 nitrogen and oxygen atoms in total. The molecule has 1 aliphatic rings. The number of hydrogen-bond donors (Lipinski definition) is 2. The molecule has 0 spiro atoms. The number of hydrogen-bond acceptors (Lipinski definition) is 7. The molecule has 1 rings (SSSR count). The van der Waals surface area contributed by atoms with E-state index < -0.39 is 18.5 Å². The highest BCUT2D eigenvalue weighted by Gasteiger charge is 2.45. The predicted molar refractivity (Wildman–Crippen MR) is 115 cm³/mol. The summed E-state index contributed by atoms with van der Waals surface area (Å²) in [6.07, 6.45) is 3.58. The van der Waals surface area contributed by atoms with Crippen molar-refractivity contribution in [2.75, 3.05) is 21.3 Å². The molecule has 0 aromatic rings. The van der Waals surface area contributed by atoms with Crippen LogP contribution in [0.5, 0.6) is 0 Å². The summed E-state index contributed by atoms with van der Waals surface area (Å²) in [5, 5.41) is 21.7. The van der Waals surface area contributed by atoms with Gasteiger partial charge >= 0.3 is 5.97 Å². The molecule has 174 valence electrons. The van der Waals surface area contributed by atoms with Crippen molar-refractivity contribution < 1.29 is 34.0 Å². The maximum Gasteiger partial charge on any atom is 0.333 e. The highest BCUT2D eigenvalue weighted by molar-refractivity contribution is 5.87. The number of ether oxygens (including phenoxy) is 4. The van der Waals surface area contributed by atoms with Crippen LogP contribution in [0.1, 0.15) is 41.0 Å². The summed E-state index contributed by atoms with van der Waals surface area (Å²) >= 11 is 0. The molecule has 0 bridgehead atoms. The largest absolute Gasteiger partial charge is 0.466 e. The molecule has 1 aliphatic heterocycles. The number of carbonyl (C=O) groups is 1. The molecule has 0 saturated carbocycles. The van der Waals surface area contributed by atoms with Crippen LogP contribution < -0.4 is 0 Å². The van der Waals surface area contributed by atoms with Crippen LogP contribution in [0.2, 0.25) is 0 Å². The third kappa shape index (κ3) is 6.89. The first-order valence-corrected chi connectivity index (χ1v) is 10.6. The van der Waals surface area contributed by atoms with Gasteiger partial charge in [0, 0.05) is 49.9 Å². The van der Waals surface area contributed by atoms with E-state index >= 15 is 0 Å². The van der Waals surface area contributed by atoms with E-state index in [2.05, 4.69) is 4.74 Å². The third-order valence-corrected chi connectivity index (χ3v) is 6.33. The summed E-state index contributed by atoms with van der Waals surface area (Å²) < 4.78 is 21.6. The smallest absolute Gasteiger partial charge is 0.333 e. The van der Waals surface area contributed by atoms with Crippen molar-refractivity contribution in [2.45, 2.75) is 71.7 Å². The molecule has 0 amide bonds. The normalized spacial score (nSPS) is 31.0. The van der Waals surface area contributed by atoms with E-state index in [0.29, 0.717) is 12.0 Å². The predicted octanol–water partition coefficient (Wildman–Crippen LogP) is 2.70. The molecular formula is C23H40O7. The van der Waals surface area contributed by atoms with Crippen LogP contribution in [0.3, 0.4) is 0 Å². The van der Waals surface area contributed by atoms with Crippen molar-refractivity contribution in [3.8, 4) is 0 Å². The lowest BCUT2D eigenvalue weighted by Gasteiger charge is -2.46. The second-order valence-corrected chi connectivity index (χ2v) is 8.42. The Balaban J connectivity index is 2.87. The van der Waals surface area contributed by atoms with E-state index in [0.717, 1.165) is 0 Å². The van der Waals surface area contributed by atoms with Crippen LogP contribution in [0.15, 0.2) is 23.8 Å². The number of aliphatic hydroxyl groups is 2. The molecule has 7 heteroatoms. The number of carbonyl (C=O) groups excluding carboxylic acids is 1. The van der Waals surface area contributed by atoms with E-state index in [1.807, 2.05) is 33.8 Å². The number of allylic oxidation sites excluding steroid dienone is 2. The molecule has 1 saturated heterocycles. The summed E-state index contributed by atoms with van der Waals surface area (Å²) in [6, 6.07) is 0. The van der Waals surface area contributed by atoms with Gasteiger partial charge in [-0.2, -0.15) is 0 Å². The monoisotopic (exact) mass is 428 g/mol. The molecule has 2 N–H and O–H groups in total. The molecular weight excluding hydrogens is 388 g/mol. The minimum absolute atomic E-state index is 0.0721. The van der Waals surface area contributed by atoms with Crippen molar-refractivity contribution in [3.63, 3.8) is 0 Å². The van der Waals surface area contributed by atoms with Gasteiger partial charge in [-0.25, -0.2) is 4.79 Å². The van der Waals surface area contributed by atoms with Gasteiger partial charge in [0.25, 0.3) is 0 Å². The molecule has 0 radical (unpaired) electrons. The second-order valence-electron chi connectivity index (χ2n) is 8.42. The quantitative estimate of drug-likeness (QED) is 0.239. The van der Waals surface area contributed by atoms with Gasteiger partial charge in [0.2, 0.25) is 0 Å². The SMILES string of the molecule is COC(=O)/C(C)=C\C=C\[C@H](C)[C@@H](O)[C@H](C)[C@H]1O[C@@H](CC(OC)OC)[C@@H](C)[C@@H](O)[C@H]1C. The summed E-state index contributed by atoms with van der Waals surface area (Å²) in [4.78, 5) is 11.4. The van der Waals surface area contributed by atoms with Crippen molar-refractivity contribution in [3.05, 3.63) is 23.8 Å². The third-order valence-electron chi connectivity index (χ3n) is 6.33. The first kappa shape index (κ1) is 26.8. The van der Waals surface area contributed by atoms with Gasteiger partial charge in [-0.15, -0.1) is 0 Å². The first-order chi connectivity index (χ1) is 14.1. The lowest BCUT2D eigenvalue weighted by molar-refractivity contribution is -0.215. The van der Waals surface area contributed by atoms with Crippen LogP contribution in [0.4, 0.5) is 0 Å². The minimum atomic E-state index is -0.678. The summed E-state index contributed by atoms with van der Waals surface area (Å²) in [5.41, 5.74) is 0.485. The zero-order valence-corrected chi connectivity index (χ0v) is 19.6. The number of aliphatic hydroxyl groups excluding tert-OH is 2. The van der Waals surface area contributed by atoms with Crippen LogP contribution >= 0.6 is 0 Å². The van der Waals surface area contributed by atoms with Gasteiger partial charge in [0.05, 0.1) is 31.5 Å². The topological polar surface area (TPSA) is 94.5 Å². The van der Waals surface area contributed by atoms with Crippen LogP contribution in [-0.4, -0.2) is 68.2 Å². The lowest BCUT2D eigenvalue weighted by Crippen LogP contribution is -2.54. The number of methoxy groups -OCH3 is 3. The van der Waals surface area contributed by atoms with Gasteiger partial charge in [-0.3, -0.25) is 0 Å². The van der Waals surface area contributed by atoms with E-state index in [-0.39, 0.29) is 41.8 Å². The van der Waals surface area contributed by atoms with E-state index in [1.54, 1.807) is 33.3 Å². The van der Waals surface area contributed by atoms with Crippen molar-refractivity contribution in [1.29, 1.82) is 0 Å². The fourth-order valence-corrected chi connectivity index (χ4v) is 4.09. The fraction of sp³-hybridized carbons (Fsp3) is 0.783. The average molecular weight is 429 g/mol. The molecule has 0 unspecified atom stereocenters. The Morgan fingerprint density at radius 3 is 2.27 bits per heavy atom. The highest BCUT2D eigenvalue weighted by Crippen LogP contribution is 2.37. The van der Waals surface area contributed by atoms with Gasteiger partial charge in [0.15, 0.2) is 6.29 Å². The summed E-state index contributed by atoms with van der Waals surface area (Å²) in [7, 11) is 4.50. The van der Waals surface area contributed by atoms with Crippen LogP contribution in [0.25, 0.3) is 0 Å². The van der Waals surface area contributed by atoms with E-state index in [4.69, 9.17) is 14.2 Å². The lowest BCUT2D eigenvalue weighted by atomic mass is 9.75. The molecule has 0 aliphatic carbocycles. The first-order valence-electron chi connectivity index (χ1n) is 10.6. The van der Waals surface area contributed by atoms with Gasteiger partial charge < -0.3 is 29.2 Å². The standard InChI is InChI=1S/C23H40O7/c1-13(10-9-11-14(2)23(26)29-8)20(24)16(4)22-17(5)21(25)15(3)18(30-22)12-19(27-6)28-7/h9-11,13,15-22,24-25H,12H2,1-8H3/b10-9+,14-11-/t13-,15+,16-,17+,18-,20+,21+,22+/m0/s1. The summed E-state index contributed by atoms with van der Waals surface area (Å²) in [6.45, 7) is 9.45. The Kier molecular flexibility index (Phi) is 11.2. The van der Waals surface area contributed by atoms with Crippen molar-refractivity contribution >= 4 is 5.97 Å². The molecule has 30 heavy (non-hydrogen) atoms. The van der Waals surface area contributed by atoms with E-state index in [9.17, 15) is 15.0 Å². The number of esters is 1. The van der Waals surface area contributed by atoms with Crippen molar-refractivity contribution in [2.24, 2.45) is 23.7 Å². The van der Waals surface area contributed by atoms with Crippen LogP contribution in [0, 0.1) is 23.7 Å². The molecule has 8 atom stereocenters. The minimum Gasteiger partial charge on any atom is -0.466 e. The Hall–Kier alpha value is -1.25. The van der Waals surface area contributed by atoms with Crippen molar-refractivity contribution in [1.82, 2.24) is 0 Å². The van der Waals surface area contributed by atoms with E-state index in [1.165, 1.54) is 7.11 Å². The Labute approximate surface area is 181 Å². The van der Waals surface area contributed by atoms with Crippen LogP contribution in [-0.2, 0) is 23.7 Å². The second kappa shape index (κ2) is 12.6. The summed E-state index contributed by atoms with van der Waals surface area (Å²) in [5.74, 6) is -0.957. The number of rotatable bonds is 10. The highest BCUT2D eigenvalue weighted by atomic mass is 16.7. The molecule has 0 aromatic heterocycles. The van der Waals surface area contributed by atoms with Gasteiger partial charge in [0.1, 0.15) is 0 Å². The zero-order valence-electron chi connectivity index (χ0n) is 19.6. The molecule has 0 aromatic carbocycles. The maximum absolute atomic E-state index is 11.4. The van der Waals surface area contributed by atoms with Gasteiger partial charge in [-0.1, -0.05) is 45.9 Å². The fourth-order valence-electron chi connectivity index (χ4n) is 4.09. The Morgan fingerprint density at radius 1 is 1.13 bits per heavy atom. The average Bonchev–Trinajstić information content (AvgIpc) is 2.75. The Morgan fingerprint density at radius 2 is 1.73 bits per heavy atom.